The summed E-state index contributed by atoms with van der Waals surface area (Å²) in [5.74, 6) is 0.600. The second-order valence-electron chi connectivity index (χ2n) is 4.45. The van der Waals surface area contributed by atoms with Crippen molar-refractivity contribution in [1.82, 2.24) is 25.4 Å². The number of hydrogen-bond acceptors (Lipinski definition) is 8. The van der Waals surface area contributed by atoms with Gasteiger partial charge in [0, 0.05) is 25.9 Å². The zero-order valence-corrected chi connectivity index (χ0v) is 13.4. The summed E-state index contributed by atoms with van der Waals surface area (Å²) in [5.41, 5.74) is 0.378. The van der Waals surface area contributed by atoms with Gasteiger partial charge in [0.15, 0.2) is 11.0 Å². The van der Waals surface area contributed by atoms with Crippen molar-refractivity contribution in [3.63, 3.8) is 0 Å². The largest absolute Gasteiger partial charge is 0.384 e. The SMILES string of the molecule is COCCc1noc([C@H](C)NC(=O)c2cnc(SC)nc2)n1. The fourth-order valence-electron chi connectivity index (χ4n) is 1.62. The molecule has 0 bridgehead atoms. The third-order valence-electron chi connectivity index (χ3n) is 2.80. The number of ether oxygens (including phenoxy) is 1. The van der Waals surface area contributed by atoms with Gasteiger partial charge in [0.1, 0.15) is 6.04 Å². The zero-order valence-electron chi connectivity index (χ0n) is 12.6. The monoisotopic (exact) mass is 323 g/mol. The molecule has 0 fully saturated rings. The van der Waals surface area contributed by atoms with Gasteiger partial charge in [0.25, 0.3) is 5.91 Å². The van der Waals surface area contributed by atoms with E-state index in [0.29, 0.717) is 35.5 Å². The average Bonchev–Trinajstić information content (AvgIpc) is 3.02. The number of carbonyl (C=O) groups is 1. The van der Waals surface area contributed by atoms with Crippen LogP contribution >= 0.6 is 11.8 Å². The van der Waals surface area contributed by atoms with Crippen LogP contribution in [0.15, 0.2) is 22.1 Å². The molecule has 2 aromatic heterocycles. The maximum Gasteiger partial charge on any atom is 0.255 e. The number of aromatic nitrogens is 4. The Morgan fingerprint density at radius 2 is 2.18 bits per heavy atom. The summed E-state index contributed by atoms with van der Waals surface area (Å²) in [6.07, 6.45) is 5.40. The predicted molar refractivity (Wildman–Crippen MR) is 79.6 cm³/mol. The summed E-state index contributed by atoms with van der Waals surface area (Å²) in [4.78, 5) is 24.4. The fourth-order valence-corrected chi connectivity index (χ4v) is 1.94. The maximum atomic E-state index is 12.1. The first kappa shape index (κ1) is 16.4. The van der Waals surface area contributed by atoms with Crippen LogP contribution in [0.1, 0.15) is 35.0 Å². The highest BCUT2D eigenvalue weighted by molar-refractivity contribution is 7.98. The van der Waals surface area contributed by atoms with E-state index in [-0.39, 0.29) is 5.91 Å². The Hall–Kier alpha value is -2.00. The lowest BCUT2D eigenvalue weighted by Gasteiger charge is -2.09. The van der Waals surface area contributed by atoms with Crippen LogP contribution in [-0.4, -0.2) is 46.0 Å². The smallest absolute Gasteiger partial charge is 0.255 e. The molecule has 0 saturated carbocycles. The van der Waals surface area contributed by atoms with Crippen LogP contribution in [0.5, 0.6) is 0 Å². The second kappa shape index (κ2) is 7.85. The van der Waals surface area contributed by atoms with Gasteiger partial charge in [-0.2, -0.15) is 4.98 Å². The van der Waals surface area contributed by atoms with Crippen molar-refractivity contribution in [1.29, 1.82) is 0 Å². The van der Waals surface area contributed by atoms with E-state index in [2.05, 4.69) is 25.4 Å². The molecule has 118 valence electrons. The molecule has 0 spiro atoms. The molecule has 2 heterocycles. The van der Waals surface area contributed by atoms with Crippen LogP contribution in [0.3, 0.4) is 0 Å². The lowest BCUT2D eigenvalue weighted by Crippen LogP contribution is -2.27. The molecule has 2 aromatic rings. The number of hydrogen-bond donors (Lipinski definition) is 1. The lowest BCUT2D eigenvalue weighted by atomic mass is 10.2. The molecule has 8 nitrogen and oxygen atoms in total. The van der Waals surface area contributed by atoms with Crippen LogP contribution in [0.2, 0.25) is 0 Å². The third-order valence-corrected chi connectivity index (χ3v) is 3.38. The number of methoxy groups -OCH3 is 1. The number of carbonyl (C=O) groups excluding carboxylic acids is 1. The molecule has 0 aromatic carbocycles. The molecule has 1 atom stereocenters. The summed E-state index contributed by atoms with van der Waals surface area (Å²) >= 11 is 1.41. The molecule has 0 saturated heterocycles. The molecule has 0 radical (unpaired) electrons. The number of rotatable bonds is 7. The highest BCUT2D eigenvalue weighted by Crippen LogP contribution is 2.12. The number of nitrogens with one attached hydrogen (secondary N) is 1. The molecule has 1 N–H and O–H groups in total. The standard InChI is InChI=1S/C13H17N5O3S/c1-8(12-17-10(18-21-12)4-5-20-2)16-11(19)9-6-14-13(22-3)15-7-9/h6-8H,4-5H2,1-3H3,(H,16,19)/t8-/m0/s1. The molecule has 9 heteroatoms. The number of thioether (sulfide) groups is 1. The third kappa shape index (κ3) is 4.25. The summed E-state index contributed by atoms with van der Waals surface area (Å²) in [6, 6.07) is -0.406. The molecule has 0 unspecified atom stereocenters. The summed E-state index contributed by atoms with van der Waals surface area (Å²) < 4.78 is 10.1. The van der Waals surface area contributed by atoms with Crippen LogP contribution < -0.4 is 5.32 Å². The highest BCUT2D eigenvalue weighted by Gasteiger charge is 2.18. The van der Waals surface area contributed by atoms with Crippen LogP contribution in [0, 0.1) is 0 Å². The van der Waals surface area contributed by atoms with Crippen molar-refractivity contribution in [3.8, 4) is 0 Å². The number of amides is 1. The summed E-state index contributed by atoms with van der Waals surface area (Å²) in [6.45, 7) is 2.28. The molecule has 0 aliphatic rings. The van der Waals surface area contributed by atoms with Gasteiger partial charge in [0.05, 0.1) is 12.2 Å². The van der Waals surface area contributed by atoms with E-state index in [0.717, 1.165) is 0 Å². The van der Waals surface area contributed by atoms with Crippen molar-refractivity contribution in [2.45, 2.75) is 24.5 Å². The van der Waals surface area contributed by atoms with Crippen molar-refractivity contribution in [3.05, 3.63) is 29.7 Å². The highest BCUT2D eigenvalue weighted by atomic mass is 32.2. The minimum atomic E-state index is -0.406. The lowest BCUT2D eigenvalue weighted by molar-refractivity contribution is 0.0931. The van der Waals surface area contributed by atoms with Gasteiger partial charge in [-0.25, -0.2) is 9.97 Å². The Bertz CT molecular complexity index is 616. The van der Waals surface area contributed by atoms with E-state index in [1.807, 2.05) is 6.26 Å². The van der Waals surface area contributed by atoms with Gasteiger partial charge >= 0.3 is 0 Å². The Balaban J connectivity index is 1.96. The predicted octanol–water partition coefficient (Wildman–Crippen LogP) is 1.26. The van der Waals surface area contributed by atoms with E-state index in [4.69, 9.17) is 9.26 Å². The van der Waals surface area contributed by atoms with Gasteiger partial charge in [-0.15, -0.1) is 0 Å². The minimum absolute atomic E-state index is 0.295. The molecule has 22 heavy (non-hydrogen) atoms. The molecule has 0 aliphatic heterocycles. The van der Waals surface area contributed by atoms with Gasteiger partial charge < -0.3 is 14.6 Å². The topological polar surface area (TPSA) is 103 Å². The van der Waals surface area contributed by atoms with Crippen LogP contribution in [-0.2, 0) is 11.2 Å². The minimum Gasteiger partial charge on any atom is -0.384 e. The van der Waals surface area contributed by atoms with Gasteiger partial charge in [0.2, 0.25) is 5.89 Å². The van der Waals surface area contributed by atoms with E-state index >= 15 is 0 Å². The van der Waals surface area contributed by atoms with E-state index < -0.39 is 6.04 Å². The Morgan fingerprint density at radius 3 is 2.82 bits per heavy atom. The second-order valence-corrected chi connectivity index (χ2v) is 5.22. The molecule has 1 amide bonds. The first-order valence-corrected chi connectivity index (χ1v) is 7.84. The molecular formula is C13H17N5O3S. The van der Waals surface area contributed by atoms with Crippen LogP contribution in [0.4, 0.5) is 0 Å². The van der Waals surface area contributed by atoms with Crippen molar-refractivity contribution < 1.29 is 14.1 Å². The first-order chi connectivity index (χ1) is 10.6. The van der Waals surface area contributed by atoms with Crippen molar-refractivity contribution >= 4 is 17.7 Å². The number of nitrogens with zero attached hydrogens (tertiary/aromatic N) is 4. The Kier molecular flexibility index (Phi) is 5.84. The molecular weight excluding hydrogens is 306 g/mol. The van der Waals surface area contributed by atoms with Gasteiger partial charge in [-0.1, -0.05) is 16.9 Å². The Labute approximate surface area is 132 Å². The summed E-state index contributed by atoms with van der Waals surface area (Å²) in [7, 11) is 1.61. The maximum absolute atomic E-state index is 12.1. The van der Waals surface area contributed by atoms with Crippen molar-refractivity contribution in [2.75, 3.05) is 20.0 Å². The zero-order chi connectivity index (χ0) is 15.9. The summed E-state index contributed by atoms with van der Waals surface area (Å²) in [5, 5.41) is 7.21. The average molecular weight is 323 g/mol. The fraction of sp³-hybridized carbons (Fsp3) is 0.462. The van der Waals surface area contributed by atoms with Crippen molar-refractivity contribution in [2.24, 2.45) is 0 Å². The quantitative estimate of drug-likeness (QED) is 0.600. The van der Waals surface area contributed by atoms with E-state index in [1.165, 1.54) is 24.2 Å². The Morgan fingerprint density at radius 1 is 1.45 bits per heavy atom. The van der Waals surface area contributed by atoms with Gasteiger partial charge in [-0.05, 0) is 13.2 Å². The van der Waals surface area contributed by atoms with E-state index in [1.54, 1.807) is 14.0 Å². The normalized spacial score (nSPS) is 12.1. The van der Waals surface area contributed by atoms with Crippen LogP contribution in [0.25, 0.3) is 0 Å². The van der Waals surface area contributed by atoms with Gasteiger partial charge in [-0.3, -0.25) is 4.79 Å². The first-order valence-electron chi connectivity index (χ1n) is 6.62. The van der Waals surface area contributed by atoms with E-state index in [9.17, 15) is 4.79 Å². The molecule has 2 rings (SSSR count). The molecule has 0 aliphatic carbocycles.